The number of anilines is 1. The van der Waals surface area contributed by atoms with Crippen LogP contribution in [0.15, 0.2) is 83.8 Å². The van der Waals surface area contributed by atoms with Gasteiger partial charge in [0.15, 0.2) is 0 Å². The highest BCUT2D eigenvalue weighted by molar-refractivity contribution is 7.89. The van der Waals surface area contributed by atoms with E-state index in [2.05, 4.69) is 10.4 Å². The number of rotatable bonds is 9. The molecule has 1 aromatic heterocycles. The van der Waals surface area contributed by atoms with Gasteiger partial charge in [0.2, 0.25) is 15.9 Å². The minimum Gasteiger partial charge on any atom is -0.309 e. The number of sulfonamides is 1. The summed E-state index contributed by atoms with van der Waals surface area (Å²) in [6, 6.07) is 19.4. The van der Waals surface area contributed by atoms with Gasteiger partial charge in [0.1, 0.15) is 16.7 Å². The summed E-state index contributed by atoms with van der Waals surface area (Å²) in [5.41, 5.74) is 1.20. The molecule has 1 N–H and O–H groups in total. The number of carbonyl (C=O) groups excluding carboxylic acids is 1. The van der Waals surface area contributed by atoms with Crippen molar-refractivity contribution in [1.29, 1.82) is 0 Å². The van der Waals surface area contributed by atoms with Crippen molar-refractivity contribution in [2.75, 3.05) is 18.4 Å². The molecule has 13 heteroatoms. The number of hydrogen-bond acceptors (Lipinski definition) is 6. The Balaban J connectivity index is 1.63. The second-order valence-corrected chi connectivity index (χ2v) is 10.4. The minimum absolute atomic E-state index is 0.0847. The quantitative estimate of drug-likeness (QED) is 0.230. The number of nitro groups is 1. The van der Waals surface area contributed by atoms with Crippen LogP contribution >= 0.6 is 11.6 Å². The predicted molar refractivity (Wildman–Crippen MR) is 140 cm³/mol. The molecule has 0 aliphatic heterocycles. The van der Waals surface area contributed by atoms with Gasteiger partial charge < -0.3 is 5.32 Å². The Morgan fingerprint density at radius 1 is 1.11 bits per heavy atom. The van der Waals surface area contributed by atoms with Gasteiger partial charge in [0, 0.05) is 24.2 Å². The lowest BCUT2D eigenvalue weighted by molar-refractivity contribution is -0.384. The Morgan fingerprint density at radius 3 is 2.42 bits per heavy atom. The second-order valence-electron chi connectivity index (χ2n) is 8.02. The smallest absolute Gasteiger partial charge is 0.289 e. The van der Waals surface area contributed by atoms with Crippen LogP contribution in [0.25, 0.3) is 16.9 Å². The minimum atomic E-state index is -4.27. The van der Waals surface area contributed by atoms with Crippen molar-refractivity contribution in [1.82, 2.24) is 14.1 Å². The Bertz CT molecular complexity index is 1590. The third kappa shape index (κ3) is 5.72. The number of benzene rings is 3. The Hall–Kier alpha value is -4.13. The first kappa shape index (κ1) is 26.9. The summed E-state index contributed by atoms with van der Waals surface area (Å²) in [4.78, 5) is 23.1. The average molecular weight is 558 g/mol. The van der Waals surface area contributed by atoms with Crippen molar-refractivity contribution < 1.29 is 22.5 Å². The van der Waals surface area contributed by atoms with E-state index in [1.165, 1.54) is 35.9 Å². The first-order chi connectivity index (χ1) is 18.1. The maximum atomic E-state index is 13.5. The maximum Gasteiger partial charge on any atom is 0.289 e. The van der Waals surface area contributed by atoms with Crippen LogP contribution in [0.1, 0.15) is 6.92 Å². The fraction of sp³-hybridized carbons (Fsp3) is 0.120. The number of carbonyl (C=O) groups is 1. The van der Waals surface area contributed by atoms with E-state index in [9.17, 15) is 27.7 Å². The van der Waals surface area contributed by atoms with E-state index < -0.39 is 38.9 Å². The normalized spacial score (nSPS) is 11.5. The molecule has 38 heavy (non-hydrogen) atoms. The molecule has 0 fully saturated rings. The lowest BCUT2D eigenvalue weighted by Gasteiger charge is -2.20. The van der Waals surface area contributed by atoms with E-state index in [1.807, 2.05) is 30.3 Å². The molecule has 0 aliphatic rings. The van der Waals surface area contributed by atoms with Gasteiger partial charge in [0.05, 0.1) is 27.7 Å². The lowest BCUT2D eigenvalue weighted by Crippen LogP contribution is -2.38. The summed E-state index contributed by atoms with van der Waals surface area (Å²) >= 11 is 5.81. The second kappa shape index (κ2) is 11.1. The standard InChI is InChI=1S/C25H21ClFN5O5S/c1-2-30(38(36,37)20-12-13-21(26)23(14-20)32(34)35)16-25(33)28-24-15-22(17-6-4-3-5-7-17)29-31(24)19-10-8-18(27)9-11-19/h3-15H,2,16H2,1H3,(H,28,33). The number of amides is 1. The molecule has 1 heterocycles. The lowest BCUT2D eigenvalue weighted by atomic mass is 10.2. The van der Waals surface area contributed by atoms with Crippen molar-refractivity contribution in [2.45, 2.75) is 11.8 Å². The van der Waals surface area contributed by atoms with Gasteiger partial charge in [-0.15, -0.1) is 0 Å². The molecule has 4 rings (SSSR count). The third-order valence-corrected chi connectivity index (χ3v) is 7.78. The zero-order valence-corrected chi connectivity index (χ0v) is 21.5. The van der Waals surface area contributed by atoms with E-state index in [0.717, 1.165) is 28.1 Å². The molecule has 196 valence electrons. The SMILES string of the molecule is CCN(CC(=O)Nc1cc(-c2ccccc2)nn1-c1ccc(F)cc1)S(=O)(=O)c1ccc(Cl)c([N+](=O)[O-])c1. The first-order valence-corrected chi connectivity index (χ1v) is 13.1. The zero-order valence-electron chi connectivity index (χ0n) is 19.9. The largest absolute Gasteiger partial charge is 0.309 e. The molecule has 0 aliphatic carbocycles. The van der Waals surface area contributed by atoms with Crippen molar-refractivity contribution >= 4 is 39.0 Å². The van der Waals surface area contributed by atoms with E-state index in [0.29, 0.717) is 11.4 Å². The summed E-state index contributed by atoms with van der Waals surface area (Å²) in [6.07, 6.45) is 0. The van der Waals surface area contributed by atoms with E-state index in [1.54, 1.807) is 6.07 Å². The maximum absolute atomic E-state index is 13.5. The number of likely N-dealkylation sites (N-methyl/N-ethyl adjacent to an activating group) is 1. The van der Waals surface area contributed by atoms with Gasteiger partial charge in [-0.05, 0) is 36.4 Å². The van der Waals surface area contributed by atoms with Crippen molar-refractivity contribution in [3.63, 3.8) is 0 Å². The Labute approximate surface area is 222 Å². The molecule has 1 amide bonds. The van der Waals surface area contributed by atoms with Gasteiger partial charge in [0.25, 0.3) is 5.69 Å². The number of nitrogens with zero attached hydrogens (tertiary/aromatic N) is 4. The van der Waals surface area contributed by atoms with Gasteiger partial charge >= 0.3 is 0 Å². The molecule has 0 unspecified atom stereocenters. The number of hydrogen-bond donors (Lipinski definition) is 1. The predicted octanol–water partition coefficient (Wildman–Crippen LogP) is 4.89. The highest BCUT2D eigenvalue weighted by Gasteiger charge is 2.28. The molecule has 0 radical (unpaired) electrons. The fourth-order valence-corrected chi connectivity index (χ4v) is 5.26. The van der Waals surface area contributed by atoms with Crippen LogP contribution < -0.4 is 5.32 Å². The summed E-state index contributed by atoms with van der Waals surface area (Å²) < 4.78 is 42.1. The van der Waals surface area contributed by atoms with Crippen LogP contribution in [0.5, 0.6) is 0 Å². The number of nitro benzene ring substituents is 1. The summed E-state index contributed by atoms with van der Waals surface area (Å²) in [5, 5.41) is 18.2. The summed E-state index contributed by atoms with van der Waals surface area (Å²) in [7, 11) is -4.27. The number of aromatic nitrogens is 2. The van der Waals surface area contributed by atoms with Gasteiger partial charge in [-0.1, -0.05) is 48.9 Å². The highest BCUT2D eigenvalue weighted by Crippen LogP contribution is 2.29. The van der Waals surface area contributed by atoms with Gasteiger partial charge in [-0.3, -0.25) is 14.9 Å². The molecule has 0 bridgehead atoms. The number of nitrogens with one attached hydrogen (secondary N) is 1. The van der Waals surface area contributed by atoms with Crippen molar-refractivity contribution in [2.24, 2.45) is 0 Å². The Kier molecular flexibility index (Phi) is 7.86. The molecule has 0 saturated carbocycles. The monoisotopic (exact) mass is 557 g/mol. The van der Waals surface area contributed by atoms with E-state index in [-0.39, 0.29) is 22.3 Å². The molecule has 0 atom stereocenters. The topological polar surface area (TPSA) is 127 Å². The zero-order chi connectivity index (χ0) is 27.4. The molecule has 0 spiro atoms. The van der Waals surface area contributed by atoms with Gasteiger partial charge in [-0.2, -0.15) is 9.40 Å². The average Bonchev–Trinajstić information content (AvgIpc) is 3.31. The van der Waals surface area contributed by atoms with Crippen molar-refractivity contribution in [3.8, 4) is 16.9 Å². The van der Waals surface area contributed by atoms with Crippen LogP contribution in [-0.4, -0.2) is 46.4 Å². The van der Waals surface area contributed by atoms with Crippen LogP contribution in [0.2, 0.25) is 5.02 Å². The third-order valence-electron chi connectivity index (χ3n) is 5.54. The molecule has 10 nitrogen and oxygen atoms in total. The fourth-order valence-electron chi connectivity index (χ4n) is 3.65. The van der Waals surface area contributed by atoms with Crippen LogP contribution in [0.3, 0.4) is 0 Å². The Morgan fingerprint density at radius 2 is 1.79 bits per heavy atom. The molecule has 4 aromatic rings. The molecular formula is C25H21ClFN5O5S. The van der Waals surface area contributed by atoms with E-state index >= 15 is 0 Å². The van der Waals surface area contributed by atoms with Crippen LogP contribution in [0.4, 0.5) is 15.9 Å². The van der Waals surface area contributed by atoms with Crippen LogP contribution in [0, 0.1) is 15.9 Å². The number of halogens is 2. The van der Waals surface area contributed by atoms with Gasteiger partial charge in [-0.25, -0.2) is 17.5 Å². The summed E-state index contributed by atoms with van der Waals surface area (Å²) in [6.45, 7) is 0.870. The highest BCUT2D eigenvalue weighted by atomic mass is 35.5. The summed E-state index contributed by atoms with van der Waals surface area (Å²) in [5.74, 6) is -0.890. The van der Waals surface area contributed by atoms with Crippen molar-refractivity contribution in [3.05, 3.63) is 99.8 Å². The molecule has 0 saturated heterocycles. The molecular weight excluding hydrogens is 537 g/mol. The van der Waals surface area contributed by atoms with E-state index in [4.69, 9.17) is 11.6 Å². The first-order valence-electron chi connectivity index (χ1n) is 11.3. The van der Waals surface area contributed by atoms with Crippen LogP contribution in [-0.2, 0) is 14.8 Å². The molecule has 3 aromatic carbocycles.